The number of benzene rings is 2. The average molecular weight is 369 g/mol. The van der Waals surface area contributed by atoms with Gasteiger partial charge in [0, 0.05) is 19.2 Å². The summed E-state index contributed by atoms with van der Waals surface area (Å²) in [5, 5.41) is 0.509. The Hall–Kier alpha value is -2.57. The molecule has 1 amide bonds. The highest BCUT2D eigenvalue weighted by Gasteiger charge is 2.19. The van der Waals surface area contributed by atoms with Crippen LogP contribution < -0.4 is 4.90 Å². The second-order valence-corrected chi connectivity index (χ2v) is 7.13. The Labute approximate surface area is 156 Å². The van der Waals surface area contributed by atoms with Crippen molar-refractivity contribution in [2.75, 3.05) is 32.1 Å². The molecule has 0 N–H and O–H groups in total. The maximum atomic E-state index is 14.0. The topological polar surface area (TPSA) is 36.4 Å². The molecule has 1 heterocycles. The summed E-state index contributed by atoms with van der Waals surface area (Å²) in [4.78, 5) is 20.7. The van der Waals surface area contributed by atoms with E-state index >= 15 is 0 Å². The van der Waals surface area contributed by atoms with Crippen molar-refractivity contribution in [2.45, 2.75) is 0 Å². The standard InChI is InChI=1S/C20H20FN3OS/c1-23(2)13-14-24(18(25)12-11-15-7-4-3-5-8-15)20-22-19-16(21)9-6-10-17(19)26-20/h3-12H,13-14H2,1-2H3. The Morgan fingerprint density at radius 1 is 1.12 bits per heavy atom. The van der Waals surface area contributed by atoms with Gasteiger partial charge in [0.25, 0.3) is 5.91 Å². The van der Waals surface area contributed by atoms with Crippen molar-refractivity contribution >= 4 is 38.7 Å². The van der Waals surface area contributed by atoms with E-state index in [0.717, 1.165) is 10.3 Å². The Morgan fingerprint density at radius 3 is 2.58 bits per heavy atom. The molecule has 0 aliphatic rings. The predicted molar refractivity (Wildman–Crippen MR) is 106 cm³/mol. The van der Waals surface area contributed by atoms with E-state index in [1.54, 1.807) is 17.0 Å². The molecule has 6 heteroatoms. The van der Waals surface area contributed by atoms with Crippen LogP contribution in [0.3, 0.4) is 0 Å². The van der Waals surface area contributed by atoms with Crippen LogP contribution in [0.4, 0.5) is 9.52 Å². The number of amides is 1. The molecule has 0 saturated heterocycles. The minimum atomic E-state index is -0.371. The minimum Gasteiger partial charge on any atom is -0.308 e. The van der Waals surface area contributed by atoms with Crippen LogP contribution in [0.5, 0.6) is 0 Å². The zero-order chi connectivity index (χ0) is 18.5. The number of aromatic nitrogens is 1. The van der Waals surface area contributed by atoms with Crippen LogP contribution in [0.1, 0.15) is 5.56 Å². The molecule has 0 aliphatic heterocycles. The molecule has 0 fully saturated rings. The van der Waals surface area contributed by atoms with Crippen LogP contribution in [0.25, 0.3) is 16.3 Å². The highest BCUT2D eigenvalue weighted by atomic mass is 32.1. The molecule has 0 spiro atoms. The molecule has 4 nitrogen and oxygen atoms in total. The van der Waals surface area contributed by atoms with Crippen molar-refractivity contribution in [1.29, 1.82) is 0 Å². The van der Waals surface area contributed by atoms with Crippen molar-refractivity contribution in [3.63, 3.8) is 0 Å². The normalized spacial score (nSPS) is 11.5. The molecule has 0 aliphatic carbocycles. The summed E-state index contributed by atoms with van der Waals surface area (Å²) >= 11 is 1.32. The number of fused-ring (bicyclic) bond motifs is 1. The first kappa shape index (κ1) is 18.2. The number of hydrogen-bond donors (Lipinski definition) is 0. The van der Waals surface area contributed by atoms with Crippen molar-refractivity contribution in [1.82, 2.24) is 9.88 Å². The smallest absolute Gasteiger partial charge is 0.252 e. The largest absolute Gasteiger partial charge is 0.308 e. The first-order valence-corrected chi connectivity index (χ1v) is 9.10. The van der Waals surface area contributed by atoms with Gasteiger partial charge in [0.1, 0.15) is 11.3 Å². The summed E-state index contributed by atoms with van der Waals surface area (Å²) in [5.74, 6) is -0.542. The van der Waals surface area contributed by atoms with E-state index < -0.39 is 0 Å². The average Bonchev–Trinajstić information content (AvgIpc) is 3.06. The lowest BCUT2D eigenvalue weighted by molar-refractivity contribution is -0.114. The van der Waals surface area contributed by atoms with E-state index in [-0.39, 0.29) is 11.7 Å². The summed E-state index contributed by atoms with van der Waals surface area (Å²) in [5.41, 5.74) is 1.26. The highest BCUT2D eigenvalue weighted by molar-refractivity contribution is 7.22. The molecule has 26 heavy (non-hydrogen) atoms. The van der Waals surface area contributed by atoms with Gasteiger partial charge in [-0.25, -0.2) is 9.37 Å². The number of hydrogen-bond acceptors (Lipinski definition) is 4. The van der Waals surface area contributed by atoms with Crippen LogP contribution in [-0.4, -0.2) is 43.0 Å². The fraction of sp³-hybridized carbons (Fsp3) is 0.200. The number of rotatable bonds is 6. The van der Waals surface area contributed by atoms with Crippen molar-refractivity contribution in [3.05, 3.63) is 66.0 Å². The lowest BCUT2D eigenvalue weighted by atomic mass is 10.2. The van der Waals surface area contributed by atoms with Crippen LogP contribution in [0.15, 0.2) is 54.6 Å². The van der Waals surface area contributed by atoms with E-state index in [1.807, 2.05) is 55.4 Å². The molecule has 0 bridgehead atoms. The highest BCUT2D eigenvalue weighted by Crippen LogP contribution is 2.30. The third kappa shape index (κ3) is 4.33. The van der Waals surface area contributed by atoms with Crippen LogP contribution in [0.2, 0.25) is 0 Å². The van der Waals surface area contributed by atoms with Gasteiger partial charge in [0.05, 0.1) is 4.70 Å². The monoisotopic (exact) mass is 369 g/mol. The van der Waals surface area contributed by atoms with Gasteiger partial charge in [0.2, 0.25) is 0 Å². The first-order valence-electron chi connectivity index (χ1n) is 8.29. The van der Waals surface area contributed by atoms with E-state index in [4.69, 9.17) is 0 Å². The Bertz CT molecular complexity index is 921. The molecule has 0 radical (unpaired) electrons. The summed E-state index contributed by atoms with van der Waals surface area (Å²) in [7, 11) is 3.89. The van der Waals surface area contributed by atoms with Crippen LogP contribution in [-0.2, 0) is 4.79 Å². The van der Waals surface area contributed by atoms with Crippen molar-refractivity contribution < 1.29 is 9.18 Å². The fourth-order valence-electron chi connectivity index (χ4n) is 2.44. The maximum absolute atomic E-state index is 14.0. The van der Waals surface area contributed by atoms with E-state index in [1.165, 1.54) is 23.5 Å². The molecule has 3 aromatic rings. The number of thiazole rings is 1. The van der Waals surface area contributed by atoms with Crippen molar-refractivity contribution in [3.8, 4) is 0 Å². The molecule has 1 aromatic heterocycles. The Kier molecular flexibility index (Phi) is 5.75. The van der Waals surface area contributed by atoms with Crippen molar-refractivity contribution in [2.24, 2.45) is 0 Å². The van der Waals surface area contributed by atoms with Gasteiger partial charge in [0.15, 0.2) is 5.13 Å². The molecule has 0 atom stereocenters. The van der Waals surface area contributed by atoms with Gasteiger partial charge in [-0.1, -0.05) is 47.7 Å². The lowest BCUT2D eigenvalue weighted by Gasteiger charge is -2.20. The first-order chi connectivity index (χ1) is 12.5. The summed E-state index contributed by atoms with van der Waals surface area (Å²) in [6.07, 6.45) is 3.31. The maximum Gasteiger partial charge on any atom is 0.252 e. The van der Waals surface area contributed by atoms with Gasteiger partial charge in [-0.3, -0.25) is 9.69 Å². The van der Waals surface area contributed by atoms with E-state index in [2.05, 4.69) is 4.98 Å². The van der Waals surface area contributed by atoms with Gasteiger partial charge in [-0.2, -0.15) is 0 Å². The Morgan fingerprint density at radius 2 is 1.88 bits per heavy atom. The molecule has 0 saturated carbocycles. The van der Waals surface area contributed by atoms with E-state index in [9.17, 15) is 9.18 Å². The Balaban J connectivity index is 1.89. The molecule has 134 valence electrons. The lowest BCUT2D eigenvalue weighted by Crippen LogP contribution is -2.35. The van der Waals surface area contributed by atoms with Crippen LogP contribution >= 0.6 is 11.3 Å². The van der Waals surface area contributed by atoms with E-state index in [0.29, 0.717) is 23.7 Å². The number of halogens is 1. The molecule has 0 unspecified atom stereocenters. The summed E-state index contributed by atoms with van der Waals surface area (Å²) in [6.45, 7) is 1.16. The zero-order valence-corrected chi connectivity index (χ0v) is 15.5. The fourth-order valence-corrected chi connectivity index (χ4v) is 3.45. The van der Waals surface area contributed by atoms with Gasteiger partial charge >= 0.3 is 0 Å². The minimum absolute atomic E-state index is 0.171. The molecule has 3 rings (SSSR count). The van der Waals surface area contributed by atoms with Gasteiger partial charge < -0.3 is 4.90 Å². The van der Waals surface area contributed by atoms with Gasteiger partial charge in [-0.15, -0.1) is 0 Å². The third-order valence-corrected chi connectivity index (χ3v) is 4.89. The summed E-state index contributed by atoms with van der Waals surface area (Å²) < 4.78 is 14.7. The molecule has 2 aromatic carbocycles. The molecular weight excluding hydrogens is 349 g/mol. The number of nitrogens with zero attached hydrogens (tertiary/aromatic N) is 3. The number of carbonyl (C=O) groups excluding carboxylic acids is 1. The zero-order valence-electron chi connectivity index (χ0n) is 14.7. The number of carbonyl (C=O) groups is 1. The van der Waals surface area contributed by atoms with Gasteiger partial charge in [-0.05, 0) is 37.9 Å². The van der Waals surface area contributed by atoms with Crippen LogP contribution in [0, 0.1) is 5.82 Å². The number of para-hydroxylation sites is 1. The predicted octanol–water partition coefficient (Wildman–Crippen LogP) is 4.04. The second kappa shape index (κ2) is 8.21. The summed E-state index contributed by atoms with van der Waals surface area (Å²) in [6, 6.07) is 14.5. The molecular formula is C20H20FN3OS. The third-order valence-electron chi connectivity index (χ3n) is 3.84. The second-order valence-electron chi connectivity index (χ2n) is 6.12. The number of anilines is 1. The quantitative estimate of drug-likeness (QED) is 0.615. The SMILES string of the molecule is CN(C)CCN(C(=O)C=Cc1ccccc1)c1nc2c(F)cccc2s1. The number of likely N-dealkylation sites (N-methyl/N-ethyl adjacent to an activating group) is 1.